The van der Waals surface area contributed by atoms with Crippen LogP contribution in [0.15, 0.2) is 63.8 Å². The lowest BCUT2D eigenvalue weighted by Crippen LogP contribution is -2.00. The number of benzene rings is 1. The van der Waals surface area contributed by atoms with Gasteiger partial charge in [-0.05, 0) is 52.7 Å². The third kappa shape index (κ3) is 4.64. The topological polar surface area (TPSA) is 26.3 Å². The average Bonchev–Trinajstić information content (AvgIpc) is 3.23. The number of ether oxygens (including phenoxy) is 1. The molecule has 0 aliphatic heterocycles. The number of carbonyl (C=O) groups excluding carboxylic acids is 1. The second kappa shape index (κ2) is 7.73. The molecule has 0 radical (unpaired) electrons. The van der Waals surface area contributed by atoms with E-state index in [0.717, 1.165) is 14.9 Å². The molecule has 0 spiro atoms. The predicted octanol–water partition coefficient (Wildman–Crippen LogP) is 6.00. The second-order valence-corrected chi connectivity index (χ2v) is 7.59. The van der Waals surface area contributed by atoms with Gasteiger partial charge in [-0.2, -0.15) is 11.3 Å². The van der Waals surface area contributed by atoms with Crippen molar-refractivity contribution >= 4 is 50.6 Å². The molecule has 2 aromatic heterocycles. The van der Waals surface area contributed by atoms with Crippen LogP contribution in [0.2, 0.25) is 0 Å². The number of thiophene rings is 2. The predicted molar refractivity (Wildman–Crippen MR) is 101 cm³/mol. The van der Waals surface area contributed by atoms with Gasteiger partial charge in [-0.3, -0.25) is 0 Å². The van der Waals surface area contributed by atoms with E-state index in [4.69, 9.17) is 4.74 Å². The van der Waals surface area contributed by atoms with Crippen molar-refractivity contribution in [3.63, 3.8) is 0 Å². The molecule has 3 aromatic rings. The standard InChI is InChI=1S/C18H13BrO2S2/c19-15-3-1-13(2-4-15)11-21-18(20)8-6-16-5-7-17(23-16)14-9-10-22-12-14/h1-10,12H,11H2/b8-6+. The van der Waals surface area contributed by atoms with Crippen LogP contribution in [0.25, 0.3) is 16.5 Å². The number of esters is 1. The fourth-order valence-electron chi connectivity index (χ4n) is 1.94. The molecule has 3 rings (SSSR count). The quantitative estimate of drug-likeness (QED) is 0.385. The van der Waals surface area contributed by atoms with Gasteiger partial charge < -0.3 is 4.74 Å². The number of halogens is 1. The molecular formula is C18H13BrO2S2. The highest BCUT2D eigenvalue weighted by atomic mass is 79.9. The van der Waals surface area contributed by atoms with Crippen molar-refractivity contribution in [2.45, 2.75) is 6.61 Å². The van der Waals surface area contributed by atoms with Gasteiger partial charge in [0.25, 0.3) is 0 Å². The smallest absolute Gasteiger partial charge is 0.331 e. The van der Waals surface area contributed by atoms with E-state index >= 15 is 0 Å². The maximum atomic E-state index is 11.8. The van der Waals surface area contributed by atoms with Crippen LogP contribution in [0.5, 0.6) is 0 Å². The third-order valence-corrected chi connectivity index (χ3v) is 5.42. The summed E-state index contributed by atoms with van der Waals surface area (Å²) in [4.78, 5) is 14.0. The summed E-state index contributed by atoms with van der Waals surface area (Å²) in [5, 5.41) is 4.18. The van der Waals surface area contributed by atoms with Crippen molar-refractivity contribution in [2.75, 3.05) is 0 Å². The molecule has 2 nitrogen and oxygen atoms in total. The molecule has 0 amide bonds. The van der Waals surface area contributed by atoms with Crippen molar-refractivity contribution in [2.24, 2.45) is 0 Å². The van der Waals surface area contributed by atoms with Gasteiger partial charge in [-0.1, -0.05) is 28.1 Å². The first kappa shape index (κ1) is 16.2. The van der Waals surface area contributed by atoms with Gasteiger partial charge in [0, 0.05) is 25.9 Å². The van der Waals surface area contributed by atoms with Gasteiger partial charge in [0.15, 0.2) is 0 Å². The van der Waals surface area contributed by atoms with Gasteiger partial charge >= 0.3 is 5.97 Å². The summed E-state index contributed by atoms with van der Waals surface area (Å²) in [6.07, 6.45) is 3.27. The molecule has 0 saturated heterocycles. The Bertz CT molecular complexity index is 802. The lowest BCUT2D eigenvalue weighted by Gasteiger charge is -2.02. The van der Waals surface area contributed by atoms with Crippen LogP contribution in [0, 0.1) is 0 Å². The van der Waals surface area contributed by atoms with Crippen LogP contribution < -0.4 is 0 Å². The Kier molecular flexibility index (Phi) is 5.43. The molecule has 1 aromatic carbocycles. The van der Waals surface area contributed by atoms with Gasteiger partial charge in [0.05, 0.1) is 0 Å². The molecule has 0 fully saturated rings. The van der Waals surface area contributed by atoms with E-state index < -0.39 is 0 Å². The number of rotatable bonds is 5. The molecule has 5 heteroatoms. The number of hydrogen-bond acceptors (Lipinski definition) is 4. The van der Waals surface area contributed by atoms with Crippen molar-refractivity contribution in [3.05, 3.63) is 74.2 Å². The van der Waals surface area contributed by atoms with Crippen LogP contribution in [0.3, 0.4) is 0 Å². The molecule has 0 N–H and O–H groups in total. The van der Waals surface area contributed by atoms with Gasteiger partial charge in [-0.15, -0.1) is 11.3 Å². The first-order valence-electron chi connectivity index (χ1n) is 6.92. The lowest BCUT2D eigenvalue weighted by atomic mass is 10.2. The third-order valence-electron chi connectivity index (χ3n) is 3.11. The molecule has 0 aliphatic rings. The summed E-state index contributed by atoms with van der Waals surface area (Å²) >= 11 is 6.71. The molecular weight excluding hydrogens is 392 g/mol. The zero-order valence-corrected chi connectivity index (χ0v) is 15.3. The van der Waals surface area contributed by atoms with E-state index in [2.05, 4.69) is 38.8 Å². The fraction of sp³-hybridized carbons (Fsp3) is 0.0556. The molecule has 0 unspecified atom stereocenters. The van der Waals surface area contributed by atoms with Crippen LogP contribution in [-0.2, 0) is 16.1 Å². The maximum Gasteiger partial charge on any atom is 0.331 e. The fourth-order valence-corrected chi connectivity index (χ4v) is 3.84. The number of hydrogen-bond donors (Lipinski definition) is 0. The van der Waals surface area contributed by atoms with Gasteiger partial charge in [0.2, 0.25) is 0 Å². The second-order valence-electron chi connectivity index (χ2n) is 4.78. The largest absolute Gasteiger partial charge is 0.458 e. The van der Waals surface area contributed by atoms with Crippen molar-refractivity contribution < 1.29 is 9.53 Å². The first-order valence-corrected chi connectivity index (χ1v) is 9.47. The average molecular weight is 405 g/mol. The normalized spacial score (nSPS) is 11.0. The van der Waals surface area contributed by atoms with E-state index in [9.17, 15) is 4.79 Å². The summed E-state index contributed by atoms with van der Waals surface area (Å²) in [6, 6.07) is 13.9. The van der Waals surface area contributed by atoms with Crippen molar-refractivity contribution in [3.8, 4) is 10.4 Å². The molecule has 0 aliphatic carbocycles. The molecule has 0 atom stereocenters. The molecule has 0 bridgehead atoms. The Morgan fingerprint density at radius 2 is 1.96 bits per heavy atom. The zero-order chi connectivity index (χ0) is 16.1. The molecule has 2 heterocycles. The van der Waals surface area contributed by atoms with Crippen LogP contribution in [-0.4, -0.2) is 5.97 Å². The minimum Gasteiger partial charge on any atom is -0.458 e. The SMILES string of the molecule is O=C(/C=C/c1ccc(-c2ccsc2)s1)OCc1ccc(Br)cc1. The summed E-state index contributed by atoms with van der Waals surface area (Å²) in [6.45, 7) is 0.279. The lowest BCUT2D eigenvalue weighted by molar-refractivity contribution is -0.138. The van der Waals surface area contributed by atoms with Gasteiger partial charge in [0.1, 0.15) is 6.61 Å². The molecule has 0 saturated carbocycles. The van der Waals surface area contributed by atoms with Crippen molar-refractivity contribution in [1.82, 2.24) is 0 Å². The van der Waals surface area contributed by atoms with Gasteiger partial charge in [-0.25, -0.2) is 4.79 Å². The Labute approximate surface area is 151 Å². The first-order chi connectivity index (χ1) is 11.2. The molecule has 23 heavy (non-hydrogen) atoms. The maximum absolute atomic E-state index is 11.8. The Morgan fingerprint density at radius 1 is 1.13 bits per heavy atom. The number of carbonyl (C=O) groups is 1. The highest BCUT2D eigenvalue weighted by Gasteiger charge is 2.03. The molecule has 116 valence electrons. The zero-order valence-electron chi connectivity index (χ0n) is 12.1. The Hall–Kier alpha value is -1.69. The summed E-state index contributed by atoms with van der Waals surface area (Å²) in [5.74, 6) is -0.335. The summed E-state index contributed by atoms with van der Waals surface area (Å²) in [5.41, 5.74) is 2.18. The van der Waals surface area contributed by atoms with E-state index in [0.29, 0.717) is 0 Å². The van der Waals surface area contributed by atoms with E-state index in [1.807, 2.05) is 30.3 Å². The Morgan fingerprint density at radius 3 is 2.70 bits per heavy atom. The highest BCUT2D eigenvalue weighted by molar-refractivity contribution is 9.10. The summed E-state index contributed by atoms with van der Waals surface area (Å²) in [7, 11) is 0. The van der Waals surface area contributed by atoms with Crippen molar-refractivity contribution in [1.29, 1.82) is 0 Å². The van der Waals surface area contributed by atoms with Crippen LogP contribution in [0.1, 0.15) is 10.4 Å². The van der Waals surface area contributed by atoms with E-state index in [-0.39, 0.29) is 12.6 Å². The van der Waals surface area contributed by atoms with E-state index in [1.54, 1.807) is 28.7 Å². The minimum atomic E-state index is -0.335. The minimum absolute atomic E-state index is 0.279. The monoisotopic (exact) mass is 404 g/mol. The Balaban J connectivity index is 1.55. The van der Waals surface area contributed by atoms with E-state index in [1.165, 1.54) is 16.5 Å². The highest BCUT2D eigenvalue weighted by Crippen LogP contribution is 2.30. The summed E-state index contributed by atoms with van der Waals surface area (Å²) < 4.78 is 6.24. The van der Waals surface area contributed by atoms with Crippen LogP contribution in [0.4, 0.5) is 0 Å². The van der Waals surface area contributed by atoms with Crippen LogP contribution >= 0.6 is 38.6 Å².